The fourth-order valence-corrected chi connectivity index (χ4v) is 2.94. The summed E-state index contributed by atoms with van der Waals surface area (Å²) >= 11 is 0. The Morgan fingerprint density at radius 3 is 2.43 bits per heavy atom. The molecular formula is C20H24O3. The summed E-state index contributed by atoms with van der Waals surface area (Å²) in [6, 6.07) is 14.7. The van der Waals surface area contributed by atoms with Crippen molar-refractivity contribution in [1.82, 2.24) is 0 Å². The highest BCUT2D eigenvalue weighted by Crippen LogP contribution is 2.29. The van der Waals surface area contributed by atoms with Gasteiger partial charge in [0.1, 0.15) is 18.5 Å². The lowest BCUT2D eigenvalue weighted by atomic mass is 9.97. The Labute approximate surface area is 138 Å². The van der Waals surface area contributed by atoms with Crippen LogP contribution in [0.5, 0.6) is 5.75 Å². The second-order valence-corrected chi connectivity index (χ2v) is 6.55. The highest BCUT2D eigenvalue weighted by molar-refractivity contribution is 5.71. The Kier molecular flexibility index (Phi) is 4.42. The molecule has 1 fully saturated rings. The number of hydrogen-bond acceptors (Lipinski definition) is 3. The molecule has 1 aliphatic rings. The normalized spacial score (nSPS) is 19.7. The fraction of sp³-hybridized carbons (Fsp3) is 0.400. The molecule has 0 aliphatic carbocycles. The molecule has 0 aromatic heterocycles. The average molecular weight is 312 g/mol. The molecule has 122 valence electrons. The molecule has 1 saturated heterocycles. The van der Waals surface area contributed by atoms with Crippen LogP contribution in [0.15, 0.2) is 42.5 Å². The maximum absolute atomic E-state index is 5.88. The van der Waals surface area contributed by atoms with Crippen LogP contribution in [0.2, 0.25) is 0 Å². The molecule has 3 rings (SSSR count). The minimum Gasteiger partial charge on any atom is -0.491 e. The van der Waals surface area contributed by atoms with Crippen molar-refractivity contribution in [3.63, 3.8) is 0 Å². The Hall–Kier alpha value is -1.84. The molecule has 1 heterocycles. The first kappa shape index (κ1) is 16.0. The number of rotatable bonds is 4. The maximum Gasteiger partial charge on any atom is 0.163 e. The number of ether oxygens (including phenoxy) is 3. The fourth-order valence-electron chi connectivity index (χ4n) is 2.94. The van der Waals surface area contributed by atoms with E-state index in [0.29, 0.717) is 13.2 Å². The van der Waals surface area contributed by atoms with Gasteiger partial charge >= 0.3 is 0 Å². The third kappa shape index (κ3) is 3.74. The zero-order valence-corrected chi connectivity index (χ0v) is 14.3. The largest absolute Gasteiger partial charge is 0.491 e. The molecule has 0 amide bonds. The van der Waals surface area contributed by atoms with E-state index in [0.717, 1.165) is 5.75 Å². The second kappa shape index (κ2) is 6.34. The highest BCUT2D eigenvalue weighted by Gasteiger charge is 2.32. The van der Waals surface area contributed by atoms with E-state index in [1.54, 1.807) is 0 Å². The number of hydrogen-bond donors (Lipinski definition) is 0. The average Bonchev–Trinajstić information content (AvgIpc) is 2.86. The van der Waals surface area contributed by atoms with Gasteiger partial charge in [-0.2, -0.15) is 0 Å². The van der Waals surface area contributed by atoms with E-state index >= 15 is 0 Å². The van der Waals surface area contributed by atoms with Crippen molar-refractivity contribution in [2.75, 3.05) is 13.2 Å². The van der Waals surface area contributed by atoms with Crippen LogP contribution in [-0.4, -0.2) is 25.1 Å². The van der Waals surface area contributed by atoms with E-state index in [4.69, 9.17) is 14.2 Å². The summed E-state index contributed by atoms with van der Waals surface area (Å²) in [6.07, 6.45) is -0.0126. The van der Waals surface area contributed by atoms with Crippen LogP contribution in [0.4, 0.5) is 0 Å². The summed E-state index contributed by atoms with van der Waals surface area (Å²) in [5.41, 5.74) is 5.01. The van der Waals surface area contributed by atoms with Crippen LogP contribution in [0.1, 0.15) is 25.0 Å². The van der Waals surface area contributed by atoms with Crippen molar-refractivity contribution in [1.29, 1.82) is 0 Å². The highest BCUT2D eigenvalue weighted by atomic mass is 16.7. The second-order valence-electron chi connectivity index (χ2n) is 6.55. The molecule has 0 unspecified atom stereocenters. The van der Waals surface area contributed by atoms with Crippen molar-refractivity contribution >= 4 is 0 Å². The molecule has 3 heteroatoms. The van der Waals surface area contributed by atoms with Crippen molar-refractivity contribution in [2.24, 2.45) is 0 Å². The van der Waals surface area contributed by atoms with Crippen molar-refractivity contribution in [3.05, 3.63) is 53.6 Å². The Morgan fingerprint density at radius 1 is 1.04 bits per heavy atom. The first-order valence-electron chi connectivity index (χ1n) is 8.06. The standard InChI is InChI=1S/C20H24O3/c1-14-7-5-6-8-18(14)19-10-9-16(11-15(19)2)21-12-17-13-22-20(3,4)23-17/h5-11,17H,12-13H2,1-4H3/t17-/m1/s1. The van der Waals surface area contributed by atoms with Crippen molar-refractivity contribution < 1.29 is 14.2 Å². The smallest absolute Gasteiger partial charge is 0.163 e. The van der Waals surface area contributed by atoms with Gasteiger partial charge in [0.15, 0.2) is 5.79 Å². The van der Waals surface area contributed by atoms with Crippen LogP contribution in [0.25, 0.3) is 11.1 Å². The Bertz CT molecular complexity index is 691. The van der Waals surface area contributed by atoms with Gasteiger partial charge in [0, 0.05) is 0 Å². The molecule has 2 aromatic rings. The molecule has 0 saturated carbocycles. The topological polar surface area (TPSA) is 27.7 Å². The van der Waals surface area contributed by atoms with E-state index in [1.165, 1.54) is 22.3 Å². The molecule has 3 nitrogen and oxygen atoms in total. The van der Waals surface area contributed by atoms with E-state index in [-0.39, 0.29) is 6.10 Å². The quantitative estimate of drug-likeness (QED) is 0.832. The Balaban J connectivity index is 1.69. The molecule has 0 N–H and O–H groups in total. The third-order valence-corrected chi connectivity index (χ3v) is 4.14. The summed E-state index contributed by atoms with van der Waals surface area (Å²) in [5, 5.41) is 0. The molecule has 0 spiro atoms. The van der Waals surface area contributed by atoms with Crippen molar-refractivity contribution in [2.45, 2.75) is 39.6 Å². The summed E-state index contributed by atoms with van der Waals surface area (Å²) in [5.74, 6) is 0.367. The van der Waals surface area contributed by atoms with E-state index in [2.05, 4.69) is 50.2 Å². The first-order valence-corrected chi connectivity index (χ1v) is 8.06. The summed E-state index contributed by atoms with van der Waals surface area (Å²) in [7, 11) is 0. The SMILES string of the molecule is Cc1ccccc1-c1ccc(OC[C@@H]2COC(C)(C)O2)cc1C. The minimum atomic E-state index is -0.501. The van der Waals surface area contributed by atoms with Crippen LogP contribution in [0, 0.1) is 13.8 Å². The van der Waals surface area contributed by atoms with E-state index in [9.17, 15) is 0 Å². The molecule has 1 aliphatic heterocycles. The molecule has 0 bridgehead atoms. The van der Waals surface area contributed by atoms with Crippen LogP contribution in [0.3, 0.4) is 0 Å². The van der Waals surface area contributed by atoms with Gasteiger partial charge in [0.05, 0.1) is 6.61 Å². The predicted molar refractivity (Wildman–Crippen MR) is 91.8 cm³/mol. The van der Waals surface area contributed by atoms with Gasteiger partial charge in [-0.25, -0.2) is 0 Å². The van der Waals surface area contributed by atoms with Crippen LogP contribution >= 0.6 is 0 Å². The third-order valence-electron chi connectivity index (χ3n) is 4.14. The van der Waals surface area contributed by atoms with Gasteiger partial charge in [0.25, 0.3) is 0 Å². The lowest BCUT2D eigenvalue weighted by molar-refractivity contribution is -0.141. The number of aryl methyl sites for hydroxylation is 2. The molecule has 0 radical (unpaired) electrons. The Morgan fingerprint density at radius 2 is 1.78 bits per heavy atom. The monoisotopic (exact) mass is 312 g/mol. The van der Waals surface area contributed by atoms with Gasteiger partial charge in [0.2, 0.25) is 0 Å². The molecule has 23 heavy (non-hydrogen) atoms. The van der Waals surface area contributed by atoms with E-state index < -0.39 is 5.79 Å². The molecule has 1 atom stereocenters. The maximum atomic E-state index is 5.88. The lowest BCUT2D eigenvalue weighted by Gasteiger charge is -2.17. The van der Waals surface area contributed by atoms with Crippen LogP contribution in [-0.2, 0) is 9.47 Å². The predicted octanol–water partition coefficient (Wildman–Crippen LogP) is 4.50. The van der Waals surface area contributed by atoms with Crippen molar-refractivity contribution in [3.8, 4) is 16.9 Å². The summed E-state index contributed by atoms with van der Waals surface area (Å²) < 4.78 is 17.2. The van der Waals surface area contributed by atoms with Gasteiger partial charge < -0.3 is 14.2 Å². The first-order chi connectivity index (χ1) is 10.9. The zero-order chi connectivity index (χ0) is 16.4. The van der Waals surface area contributed by atoms with Gasteiger partial charge in [-0.3, -0.25) is 0 Å². The molecular weight excluding hydrogens is 288 g/mol. The summed E-state index contributed by atoms with van der Waals surface area (Å²) in [4.78, 5) is 0. The lowest BCUT2D eigenvalue weighted by Crippen LogP contribution is -2.25. The molecule has 2 aromatic carbocycles. The van der Waals surface area contributed by atoms with Gasteiger partial charge in [-0.1, -0.05) is 30.3 Å². The zero-order valence-electron chi connectivity index (χ0n) is 14.3. The van der Waals surface area contributed by atoms with E-state index in [1.807, 2.05) is 19.9 Å². The van der Waals surface area contributed by atoms with Gasteiger partial charge in [-0.15, -0.1) is 0 Å². The van der Waals surface area contributed by atoms with Crippen LogP contribution < -0.4 is 4.74 Å². The van der Waals surface area contributed by atoms with Gasteiger partial charge in [-0.05, 0) is 62.1 Å². The minimum absolute atomic E-state index is 0.0126. The number of benzene rings is 2. The summed E-state index contributed by atoms with van der Waals surface area (Å²) in [6.45, 7) is 9.19.